The maximum atomic E-state index is 10.2. The van der Waals surface area contributed by atoms with E-state index in [4.69, 9.17) is 11.2 Å². The molecule has 0 aromatic rings. The fraction of sp³-hybridized carbons (Fsp3) is 0.444. The third-order valence-electron chi connectivity index (χ3n) is 0.832. The second-order valence-electron chi connectivity index (χ2n) is 1.83. The first-order chi connectivity index (χ1) is 5.77. The second-order valence-corrected chi connectivity index (χ2v) is 1.83. The summed E-state index contributed by atoms with van der Waals surface area (Å²) >= 11 is 0. The predicted molar refractivity (Wildman–Crippen MR) is 44.1 cm³/mol. The number of terminal acetylenes is 1. The molecule has 0 unspecified atom stereocenters. The van der Waals surface area contributed by atoms with Gasteiger partial charge in [0.1, 0.15) is 13.2 Å². The average molecular weight is 166 g/mol. The molecule has 0 aliphatic carbocycles. The average Bonchev–Trinajstić information content (AvgIpc) is 2.02. The fourth-order valence-electron chi connectivity index (χ4n) is 0.401. The van der Waals surface area contributed by atoms with Crippen LogP contribution in [-0.4, -0.2) is 25.8 Å². The largest absolute Gasteiger partial charge is 0.453 e. The van der Waals surface area contributed by atoms with E-state index in [0.29, 0.717) is 0 Å². The maximum Gasteiger partial charge on any atom is 0.303 e. The maximum absolute atomic E-state index is 10.2. The SMILES string of the molecule is C#CCOCC#CCOC(C)=O. The molecular formula is C9H10O3. The van der Waals surface area contributed by atoms with E-state index in [9.17, 15) is 4.79 Å². The molecule has 3 nitrogen and oxygen atoms in total. The van der Waals surface area contributed by atoms with Crippen LogP contribution >= 0.6 is 0 Å². The van der Waals surface area contributed by atoms with Gasteiger partial charge in [0.2, 0.25) is 0 Å². The highest BCUT2D eigenvalue weighted by molar-refractivity contribution is 5.66. The molecular weight excluding hydrogens is 156 g/mol. The van der Waals surface area contributed by atoms with E-state index < -0.39 is 0 Å². The van der Waals surface area contributed by atoms with Crippen LogP contribution in [0.1, 0.15) is 6.92 Å². The van der Waals surface area contributed by atoms with E-state index in [1.54, 1.807) is 0 Å². The van der Waals surface area contributed by atoms with Gasteiger partial charge < -0.3 is 9.47 Å². The summed E-state index contributed by atoms with van der Waals surface area (Å²) in [4.78, 5) is 10.2. The van der Waals surface area contributed by atoms with E-state index in [-0.39, 0.29) is 25.8 Å². The van der Waals surface area contributed by atoms with E-state index in [1.165, 1.54) is 6.92 Å². The lowest BCUT2D eigenvalue weighted by molar-refractivity contribution is -0.139. The summed E-state index contributed by atoms with van der Waals surface area (Å²) in [6.45, 7) is 1.96. The van der Waals surface area contributed by atoms with E-state index >= 15 is 0 Å². The predicted octanol–water partition coefficient (Wildman–Crippen LogP) is 0.203. The quantitative estimate of drug-likeness (QED) is 0.341. The number of ether oxygens (including phenoxy) is 2. The first-order valence-corrected chi connectivity index (χ1v) is 3.37. The summed E-state index contributed by atoms with van der Waals surface area (Å²) < 4.78 is 9.38. The van der Waals surface area contributed by atoms with E-state index in [1.807, 2.05) is 0 Å². The summed E-state index contributed by atoms with van der Waals surface area (Å²) in [6.07, 6.45) is 4.92. The molecule has 0 N–H and O–H groups in total. The van der Waals surface area contributed by atoms with Gasteiger partial charge in [-0.2, -0.15) is 0 Å². The van der Waals surface area contributed by atoms with Crippen molar-refractivity contribution in [2.75, 3.05) is 19.8 Å². The van der Waals surface area contributed by atoms with Crippen LogP contribution in [0.2, 0.25) is 0 Å². The van der Waals surface area contributed by atoms with Crippen molar-refractivity contribution in [2.45, 2.75) is 6.92 Å². The molecule has 0 aliphatic heterocycles. The minimum atomic E-state index is -0.339. The number of esters is 1. The number of hydrogen-bond acceptors (Lipinski definition) is 3. The first-order valence-electron chi connectivity index (χ1n) is 3.37. The van der Waals surface area contributed by atoms with Gasteiger partial charge in [-0.05, 0) is 0 Å². The van der Waals surface area contributed by atoms with Crippen LogP contribution in [0.5, 0.6) is 0 Å². The molecule has 0 spiro atoms. The smallest absolute Gasteiger partial charge is 0.303 e. The third kappa shape index (κ3) is 8.55. The summed E-state index contributed by atoms with van der Waals surface area (Å²) in [5.41, 5.74) is 0. The summed E-state index contributed by atoms with van der Waals surface area (Å²) in [6, 6.07) is 0. The van der Waals surface area contributed by atoms with Crippen LogP contribution < -0.4 is 0 Å². The van der Waals surface area contributed by atoms with Gasteiger partial charge >= 0.3 is 5.97 Å². The Bertz CT molecular complexity index is 226. The normalized spacial score (nSPS) is 7.67. The minimum absolute atomic E-state index is 0.106. The molecule has 0 saturated carbocycles. The van der Waals surface area contributed by atoms with Gasteiger partial charge in [0.05, 0.1) is 0 Å². The highest BCUT2D eigenvalue weighted by Crippen LogP contribution is 1.74. The molecule has 64 valence electrons. The zero-order valence-corrected chi connectivity index (χ0v) is 6.92. The van der Waals surface area contributed by atoms with Gasteiger partial charge in [0.25, 0.3) is 0 Å². The third-order valence-corrected chi connectivity index (χ3v) is 0.832. The lowest BCUT2D eigenvalue weighted by atomic mass is 10.6. The summed E-state index contributed by atoms with van der Waals surface area (Å²) in [5, 5.41) is 0. The van der Waals surface area contributed by atoms with Crippen molar-refractivity contribution in [3.05, 3.63) is 0 Å². The van der Waals surface area contributed by atoms with Crippen molar-refractivity contribution in [1.29, 1.82) is 0 Å². The first kappa shape index (κ1) is 10.6. The Kier molecular flexibility index (Phi) is 6.73. The molecule has 0 aliphatic rings. The van der Waals surface area contributed by atoms with Crippen molar-refractivity contribution >= 4 is 5.97 Å². The van der Waals surface area contributed by atoms with Crippen LogP contribution in [0.15, 0.2) is 0 Å². The molecule has 0 fully saturated rings. The number of carbonyl (C=O) groups excluding carboxylic acids is 1. The second kappa shape index (κ2) is 7.65. The van der Waals surface area contributed by atoms with Gasteiger partial charge in [-0.15, -0.1) is 6.42 Å². The van der Waals surface area contributed by atoms with Crippen molar-refractivity contribution in [3.63, 3.8) is 0 Å². The molecule has 0 aromatic heterocycles. The fourth-order valence-corrected chi connectivity index (χ4v) is 0.401. The Balaban J connectivity index is 3.24. The van der Waals surface area contributed by atoms with Gasteiger partial charge in [0.15, 0.2) is 6.61 Å². The van der Waals surface area contributed by atoms with Gasteiger partial charge in [0, 0.05) is 6.92 Å². The lowest BCUT2D eigenvalue weighted by Crippen LogP contribution is -1.98. The van der Waals surface area contributed by atoms with Crippen LogP contribution in [0.4, 0.5) is 0 Å². The van der Waals surface area contributed by atoms with Crippen molar-refractivity contribution in [2.24, 2.45) is 0 Å². The molecule has 0 aromatic carbocycles. The molecule has 0 atom stereocenters. The van der Waals surface area contributed by atoms with Gasteiger partial charge in [-0.1, -0.05) is 17.8 Å². The highest BCUT2D eigenvalue weighted by atomic mass is 16.5. The van der Waals surface area contributed by atoms with Crippen LogP contribution in [0.3, 0.4) is 0 Å². The topological polar surface area (TPSA) is 35.5 Å². The molecule has 0 rings (SSSR count). The Hall–Kier alpha value is -1.45. The molecule has 0 heterocycles. The minimum Gasteiger partial charge on any atom is -0.453 e. The monoisotopic (exact) mass is 166 g/mol. The Labute approximate surface area is 72.0 Å². The zero-order valence-electron chi connectivity index (χ0n) is 6.92. The summed E-state index contributed by atoms with van der Waals surface area (Å²) in [7, 11) is 0. The zero-order chi connectivity index (χ0) is 9.23. The summed E-state index contributed by atoms with van der Waals surface area (Å²) in [5.74, 6) is 7.18. The van der Waals surface area contributed by atoms with E-state index in [0.717, 1.165) is 0 Å². The molecule has 12 heavy (non-hydrogen) atoms. The van der Waals surface area contributed by atoms with Crippen LogP contribution in [0.25, 0.3) is 0 Å². The van der Waals surface area contributed by atoms with Crippen molar-refractivity contribution < 1.29 is 14.3 Å². The van der Waals surface area contributed by atoms with Crippen molar-refractivity contribution in [3.8, 4) is 24.2 Å². The molecule has 0 radical (unpaired) electrons. The molecule has 3 heteroatoms. The Morgan fingerprint density at radius 3 is 2.58 bits per heavy atom. The standard InChI is InChI=1S/C9H10O3/c1-3-6-11-7-4-5-8-12-9(2)10/h1H,6-8H2,2H3. The Morgan fingerprint density at radius 2 is 2.00 bits per heavy atom. The lowest BCUT2D eigenvalue weighted by Gasteiger charge is -1.91. The number of carbonyl (C=O) groups is 1. The van der Waals surface area contributed by atoms with Gasteiger partial charge in [-0.25, -0.2) is 0 Å². The van der Waals surface area contributed by atoms with Gasteiger partial charge in [-0.3, -0.25) is 4.79 Å². The number of hydrogen-bond donors (Lipinski definition) is 0. The molecule has 0 amide bonds. The van der Waals surface area contributed by atoms with E-state index in [2.05, 4.69) is 22.5 Å². The van der Waals surface area contributed by atoms with Crippen LogP contribution in [0, 0.1) is 24.2 Å². The number of rotatable bonds is 3. The van der Waals surface area contributed by atoms with Crippen LogP contribution in [-0.2, 0) is 14.3 Å². The highest BCUT2D eigenvalue weighted by Gasteiger charge is 1.85. The Morgan fingerprint density at radius 1 is 1.33 bits per heavy atom. The molecule has 0 saturated heterocycles. The molecule has 0 bridgehead atoms. The van der Waals surface area contributed by atoms with Crippen molar-refractivity contribution in [1.82, 2.24) is 0 Å².